The van der Waals surface area contributed by atoms with Gasteiger partial charge in [0, 0.05) is 18.1 Å². The van der Waals surface area contributed by atoms with Crippen LogP contribution < -0.4 is 14.4 Å². The van der Waals surface area contributed by atoms with E-state index in [1.54, 1.807) is 43.5 Å². The number of methoxy groups -OCH3 is 1. The summed E-state index contributed by atoms with van der Waals surface area (Å²) in [5.74, 6) is -0.130. The first-order valence-corrected chi connectivity index (χ1v) is 15.0. The third kappa shape index (κ3) is 7.76. The summed E-state index contributed by atoms with van der Waals surface area (Å²) < 4.78 is 34.0. The molecule has 3 aromatic carbocycles. The molecule has 8 nitrogen and oxygen atoms in total. The van der Waals surface area contributed by atoms with E-state index in [4.69, 9.17) is 16.3 Å². The molecule has 0 saturated heterocycles. The predicted octanol–water partition coefficient (Wildman–Crippen LogP) is 5.19. The molecular formula is C30H36ClN3O5S. The van der Waals surface area contributed by atoms with Crippen LogP contribution in [-0.4, -0.2) is 51.4 Å². The number of nitrogens with zero attached hydrogens (tertiary/aromatic N) is 2. The fraction of sp³-hybridized carbons (Fsp3) is 0.333. The maximum absolute atomic E-state index is 14.0. The van der Waals surface area contributed by atoms with E-state index in [0.29, 0.717) is 29.4 Å². The predicted molar refractivity (Wildman–Crippen MR) is 158 cm³/mol. The van der Waals surface area contributed by atoms with Crippen molar-refractivity contribution in [2.75, 3.05) is 24.5 Å². The van der Waals surface area contributed by atoms with Gasteiger partial charge in [-0.25, -0.2) is 8.42 Å². The molecule has 0 heterocycles. The van der Waals surface area contributed by atoms with Gasteiger partial charge in [-0.15, -0.1) is 0 Å². The minimum Gasteiger partial charge on any atom is -0.497 e. The van der Waals surface area contributed by atoms with Crippen LogP contribution in [0.15, 0.2) is 77.7 Å². The molecule has 40 heavy (non-hydrogen) atoms. The standard InChI is InChI=1S/C30H36ClN3O5S/c1-5-19-32-30(36)28(6-2)33(20-23-9-15-26(39-4)16-10-23)29(35)21-34(25-13-7-22(3)8-14-25)40(37,38)27-17-11-24(31)12-18-27/h7-18,28H,5-6,19-21H2,1-4H3,(H,32,36)/t28-/m0/s1. The molecule has 0 radical (unpaired) electrons. The summed E-state index contributed by atoms with van der Waals surface area (Å²) in [5, 5.41) is 3.27. The van der Waals surface area contributed by atoms with Crippen LogP contribution >= 0.6 is 11.6 Å². The highest BCUT2D eigenvalue weighted by Crippen LogP contribution is 2.26. The second-order valence-corrected chi connectivity index (χ2v) is 11.7. The number of aryl methyl sites for hydroxylation is 1. The van der Waals surface area contributed by atoms with E-state index >= 15 is 0 Å². The third-order valence-corrected chi connectivity index (χ3v) is 8.49. The number of rotatable bonds is 13. The topological polar surface area (TPSA) is 96.0 Å². The van der Waals surface area contributed by atoms with Crippen molar-refractivity contribution < 1.29 is 22.7 Å². The zero-order valence-electron chi connectivity index (χ0n) is 23.3. The molecule has 0 aliphatic carbocycles. The second-order valence-electron chi connectivity index (χ2n) is 9.39. The number of sulfonamides is 1. The highest BCUT2D eigenvalue weighted by atomic mass is 35.5. The van der Waals surface area contributed by atoms with Crippen molar-refractivity contribution in [2.45, 2.75) is 51.1 Å². The number of anilines is 1. The summed E-state index contributed by atoms with van der Waals surface area (Å²) >= 11 is 6.00. The number of halogens is 1. The number of hydrogen-bond donors (Lipinski definition) is 1. The molecule has 0 bridgehead atoms. The van der Waals surface area contributed by atoms with Gasteiger partial charge in [-0.3, -0.25) is 13.9 Å². The molecule has 3 aromatic rings. The maximum atomic E-state index is 14.0. The Kier molecular flexibility index (Phi) is 11.0. The molecule has 10 heteroatoms. The zero-order valence-corrected chi connectivity index (χ0v) is 24.8. The van der Waals surface area contributed by atoms with Gasteiger partial charge in [-0.05, 0) is 73.9 Å². The van der Waals surface area contributed by atoms with Crippen molar-refractivity contribution in [3.8, 4) is 5.75 Å². The fourth-order valence-corrected chi connectivity index (χ4v) is 5.73. The number of ether oxygens (including phenoxy) is 1. The van der Waals surface area contributed by atoms with Crippen LogP contribution in [0.5, 0.6) is 5.75 Å². The van der Waals surface area contributed by atoms with Crippen LogP contribution in [0.3, 0.4) is 0 Å². The number of amides is 2. The van der Waals surface area contributed by atoms with Crippen molar-refractivity contribution in [1.82, 2.24) is 10.2 Å². The van der Waals surface area contributed by atoms with Gasteiger partial charge >= 0.3 is 0 Å². The van der Waals surface area contributed by atoms with E-state index in [2.05, 4.69) is 5.32 Å². The number of benzene rings is 3. The zero-order chi connectivity index (χ0) is 29.3. The summed E-state index contributed by atoms with van der Waals surface area (Å²) in [6, 6.07) is 19.1. The van der Waals surface area contributed by atoms with Gasteiger partial charge in [0.25, 0.3) is 10.0 Å². The Morgan fingerprint density at radius 2 is 1.57 bits per heavy atom. The van der Waals surface area contributed by atoms with Gasteiger partial charge in [0.1, 0.15) is 18.3 Å². The Morgan fingerprint density at radius 3 is 2.12 bits per heavy atom. The summed E-state index contributed by atoms with van der Waals surface area (Å²) in [4.78, 5) is 28.6. The Hall–Kier alpha value is -3.56. The van der Waals surface area contributed by atoms with E-state index < -0.39 is 28.5 Å². The molecule has 3 rings (SSSR count). The lowest BCUT2D eigenvalue weighted by Gasteiger charge is -2.33. The Balaban J connectivity index is 2.03. The molecule has 2 amide bonds. The van der Waals surface area contributed by atoms with Gasteiger partial charge in [0.05, 0.1) is 17.7 Å². The average Bonchev–Trinajstić information content (AvgIpc) is 2.95. The van der Waals surface area contributed by atoms with E-state index in [0.717, 1.165) is 21.9 Å². The van der Waals surface area contributed by atoms with Gasteiger partial charge < -0.3 is 15.0 Å². The summed E-state index contributed by atoms with van der Waals surface area (Å²) in [6.07, 6.45) is 1.10. The molecule has 0 aromatic heterocycles. The number of carbonyl (C=O) groups excluding carboxylic acids is 2. The second kappa shape index (κ2) is 14.2. The molecule has 0 spiro atoms. The molecule has 0 fully saturated rings. The van der Waals surface area contributed by atoms with Crippen LogP contribution in [0.2, 0.25) is 5.02 Å². The molecule has 0 aliphatic rings. The summed E-state index contributed by atoms with van der Waals surface area (Å²) in [5.41, 5.74) is 2.05. The molecule has 1 N–H and O–H groups in total. The van der Waals surface area contributed by atoms with Gasteiger partial charge in [-0.2, -0.15) is 0 Å². The Bertz CT molecular complexity index is 1380. The van der Waals surface area contributed by atoms with E-state index in [-0.39, 0.29) is 17.3 Å². The molecule has 0 saturated carbocycles. The Morgan fingerprint density at radius 1 is 0.950 bits per heavy atom. The molecule has 0 aliphatic heterocycles. The van der Waals surface area contributed by atoms with Gasteiger partial charge in [0.2, 0.25) is 11.8 Å². The van der Waals surface area contributed by atoms with Crippen molar-refractivity contribution in [3.63, 3.8) is 0 Å². The van der Waals surface area contributed by atoms with Crippen LogP contribution in [0.4, 0.5) is 5.69 Å². The minimum atomic E-state index is -4.15. The SMILES string of the molecule is CCCNC(=O)[C@H](CC)N(Cc1ccc(OC)cc1)C(=O)CN(c1ccc(C)cc1)S(=O)(=O)c1ccc(Cl)cc1. The first-order valence-electron chi connectivity index (χ1n) is 13.2. The van der Waals surface area contributed by atoms with Crippen LogP contribution in [-0.2, 0) is 26.2 Å². The monoisotopic (exact) mass is 585 g/mol. The van der Waals surface area contributed by atoms with Crippen molar-refractivity contribution in [1.29, 1.82) is 0 Å². The fourth-order valence-electron chi connectivity index (χ4n) is 4.19. The Labute approximate surface area is 241 Å². The maximum Gasteiger partial charge on any atom is 0.264 e. The normalized spacial score (nSPS) is 11.9. The number of carbonyl (C=O) groups is 2. The highest BCUT2D eigenvalue weighted by Gasteiger charge is 2.33. The van der Waals surface area contributed by atoms with Crippen molar-refractivity contribution in [2.24, 2.45) is 0 Å². The molecule has 214 valence electrons. The summed E-state index contributed by atoms with van der Waals surface area (Å²) in [6.45, 7) is 5.76. The van der Waals surface area contributed by atoms with Crippen LogP contribution in [0, 0.1) is 6.92 Å². The lowest BCUT2D eigenvalue weighted by atomic mass is 10.1. The quantitative estimate of drug-likeness (QED) is 0.298. The smallest absolute Gasteiger partial charge is 0.264 e. The first-order chi connectivity index (χ1) is 19.1. The van der Waals surface area contributed by atoms with Crippen LogP contribution in [0.1, 0.15) is 37.8 Å². The molecular weight excluding hydrogens is 550 g/mol. The van der Waals surface area contributed by atoms with Gasteiger partial charge in [-0.1, -0.05) is 55.3 Å². The molecule has 0 unspecified atom stereocenters. The third-order valence-electron chi connectivity index (χ3n) is 6.45. The van der Waals surface area contributed by atoms with E-state index in [1.807, 2.05) is 32.9 Å². The average molecular weight is 586 g/mol. The minimum absolute atomic E-state index is 0.000269. The first kappa shape index (κ1) is 31.0. The van der Waals surface area contributed by atoms with Crippen LogP contribution in [0.25, 0.3) is 0 Å². The lowest BCUT2D eigenvalue weighted by molar-refractivity contribution is -0.140. The van der Waals surface area contributed by atoms with Gasteiger partial charge in [0.15, 0.2) is 0 Å². The number of nitrogens with one attached hydrogen (secondary N) is 1. The lowest BCUT2D eigenvalue weighted by Crippen LogP contribution is -2.52. The summed E-state index contributed by atoms with van der Waals surface area (Å²) in [7, 11) is -2.58. The number of hydrogen-bond acceptors (Lipinski definition) is 5. The van der Waals surface area contributed by atoms with Crippen molar-refractivity contribution in [3.05, 3.63) is 88.9 Å². The molecule has 1 atom stereocenters. The van der Waals surface area contributed by atoms with Crippen molar-refractivity contribution >= 4 is 39.1 Å². The largest absolute Gasteiger partial charge is 0.497 e. The van der Waals surface area contributed by atoms with E-state index in [1.165, 1.54) is 29.2 Å². The van der Waals surface area contributed by atoms with E-state index in [9.17, 15) is 18.0 Å². The highest BCUT2D eigenvalue weighted by molar-refractivity contribution is 7.92.